The van der Waals surface area contributed by atoms with Gasteiger partial charge in [0.25, 0.3) is 5.91 Å². The number of hydrogen-bond acceptors (Lipinski definition) is 5. The molecule has 1 saturated heterocycles. The van der Waals surface area contributed by atoms with Crippen LogP contribution >= 0.6 is 23.1 Å². The van der Waals surface area contributed by atoms with Gasteiger partial charge in [0, 0.05) is 17.0 Å². The lowest BCUT2D eigenvalue weighted by Gasteiger charge is -2.28. The molecule has 7 heteroatoms. The van der Waals surface area contributed by atoms with E-state index in [2.05, 4.69) is 33.0 Å². The van der Waals surface area contributed by atoms with Crippen molar-refractivity contribution in [3.8, 4) is 0 Å². The number of hydrogen-bond donors (Lipinski definition) is 2. The summed E-state index contributed by atoms with van der Waals surface area (Å²) in [5.74, 6) is 0.499. The zero-order valence-electron chi connectivity index (χ0n) is 16.8. The summed E-state index contributed by atoms with van der Waals surface area (Å²) in [6.45, 7) is 2.70. The van der Waals surface area contributed by atoms with Gasteiger partial charge in [0.05, 0.1) is 6.04 Å². The van der Waals surface area contributed by atoms with Crippen LogP contribution in [0, 0.1) is 0 Å². The smallest absolute Gasteiger partial charge is 0.251 e. The number of rotatable bonds is 10. The van der Waals surface area contributed by atoms with E-state index in [0.29, 0.717) is 18.5 Å². The first kappa shape index (κ1) is 21.9. The molecule has 0 aliphatic carbocycles. The van der Waals surface area contributed by atoms with E-state index in [4.69, 9.17) is 0 Å². The van der Waals surface area contributed by atoms with Gasteiger partial charge in [-0.05, 0) is 67.9 Å². The van der Waals surface area contributed by atoms with Gasteiger partial charge in [0.15, 0.2) is 0 Å². The minimum Gasteiger partial charge on any atom is -0.352 e. The molecule has 0 bridgehead atoms. The Morgan fingerprint density at radius 1 is 1.14 bits per heavy atom. The standard InChI is InChI=1S/C22H29N3O2S2/c1-28-15-11-18(24-21(26)17-8-3-2-4-9-17)22(27)23-16-19(20-10-7-14-29-20)25-12-5-6-13-25/h2-4,7-10,14,18-19H,5-6,11-13,15-16H2,1H3,(H,23,27)(H,24,26). The fourth-order valence-electron chi connectivity index (χ4n) is 3.60. The predicted molar refractivity (Wildman–Crippen MR) is 122 cm³/mol. The summed E-state index contributed by atoms with van der Waals surface area (Å²) in [5, 5.41) is 8.12. The van der Waals surface area contributed by atoms with Crippen LogP contribution in [-0.4, -0.2) is 54.4 Å². The molecule has 1 aliphatic rings. The molecule has 1 aromatic carbocycles. The summed E-state index contributed by atoms with van der Waals surface area (Å²) in [6, 6.07) is 12.9. The van der Waals surface area contributed by atoms with E-state index in [0.717, 1.165) is 18.8 Å². The maximum Gasteiger partial charge on any atom is 0.251 e. The van der Waals surface area contributed by atoms with Crippen LogP contribution in [-0.2, 0) is 4.79 Å². The fraction of sp³-hybridized carbons (Fsp3) is 0.455. The largest absolute Gasteiger partial charge is 0.352 e. The molecule has 2 amide bonds. The average Bonchev–Trinajstić information content (AvgIpc) is 3.46. The van der Waals surface area contributed by atoms with Crippen LogP contribution in [0.25, 0.3) is 0 Å². The number of carbonyl (C=O) groups excluding carboxylic acids is 2. The Bertz CT molecular complexity index is 762. The second-order valence-electron chi connectivity index (χ2n) is 7.19. The molecule has 0 spiro atoms. The summed E-state index contributed by atoms with van der Waals surface area (Å²) in [4.78, 5) is 29.2. The van der Waals surface area contributed by atoms with E-state index in [-0.39, 0.29) is 17.9 Å². The predicted octanol–water partition coefficient (Wildman–Crippen LogP) is 3.55. The lowest BCUT2D eigenvalue weighted by atomic mass is 10.1. The average molecular weight is 432 g/mol. The highest BCUT2D eigenvalue weighted by molar-refractivity contribution is 7.98. The monoisotopic (exact) mass is 431 g/mol. The van der Waals surface area contributed by atoms with Crippen LogP contribution in [0.5, 0.6) is 0 Å². The number of nitrogens with zero attached hydrogens (tertiary/aromatic N) is 1. The molecule has 156 valence electrons. The normalized spacial score (nSPS) is 16.3. The second kappa shape index (κ2) is 11.4. The molecule has 5 nitrogen and oxygen atoms in total. The molecular formula is C22H29N3O2S2. The third-order valence-corrected chi connectivity index (χ3v) is 6.81. The van der Waals surface area contributed by atoms with Crippen molar-refractivity contribution in [3.63, 3.8) is 0 Å². The molecule has 1 aromatic heterocycles. The Morgan fingerprint density at radius 3 is 2.55 bits per heavy atom. The summed E-state index contributed by atoms with van der Waals surface area (Å²) >= 11 is 3.41. The number of thiophene rings is 1. The molecule has 2 N–H and O–H groups in total. The molecule has 0 radical (unpaired) electrons. The number of thioether (sulfide) groups is 1. The van der Waals surface area contributed by atoms with Crippen molar-refractivity contribution in [3.05, 3.63) is 58.3 Å². The Kier molecular flexibility index (Phi) is 8.58. The quantitative estimate of drug-likeness (QED) is 0.604. The van der Waals surface area contributed by atoms with E-state index in [1.54, 1.807) is 35.2 Å². The first-order valence-corrected chi connectivity index (χ1v) is 12.4. The van der Waals surface area contributed by atoms with Gasteiger partial charge in [-0.25, -0.2) is 0 Å². The Morgan fingerprint density at radius 2 is 1.90 bits per heavy atom. The van der Waals surface area contributed by atoms with Crippen LogP contribution < -0.4 is 10.6 Å². The number of benzene rings is 1. The molecule has 2 unspecified atom stereocenters. The van der Waals surface area contributed by atoms with Crippen molar-refractivity contribution >= 4 is 34.9 Å². The molecule has 1 aliphatic heterocycles. The van der Waals surface area contributed by atoms with Crippen molar-refractivity contribution in [2.75, 3.05) is 31.6 Å². The van der Waals surface area contributed by atoms with Gasteiger partial charge in [-0.3, -0.25) is 14.5 Å². The highest BCUT2D eigenvalue weighted by Gasteiger charge is 2.27. The molecule has 3 rings (SSSR count). The first-order valence-electron chi connectivity index (χ1n) is 10.1. The number of carbonyl (C=O) groups is 2. The molecule has 2 atom stereocenters. The molecule has 0 saturated carbocycles. The summed E-state index contributed by atoms with van der Waals surface area (Å²) in [7, 11) is 0. The van der Waals surface area contributed by atoms with Crippen LogP contribution in [0.15, 0.2) is 47.8 Å². The Balaban J connectivity index is 1.63. The third kappa shape index (κ3) is 6.32. The summed E-state index contributed by atoms with van der Waals surface area (Å²) < 4.78 is 0. The maximum atomic E-state index is 13.0. The molecular weight excluding hydrogens is 402 g/mol. The van der Waals surface area contributed by atoms with E-state index in [1.165, 1.54) is 17.7 Å². The minimum absolute atomic E-state index is 0.107. The highest BCUT2D eigenvalue weighted by Crippen LogP contribution is 2.27. The number of likely N-dealkylation sites (tertiary alicyclic amines) is 1. The Hall–Kier alpha value is -1.83. The SMILES string of the molecule is CSCCC(NC(=O)c1ccccc1)C(=O)NCC(c1cccs1)N1CCCC1. The van der Waals surface area contributed by atoms with Gasteiger partial charge in [0.1, 0.15) is 6.04 Å². The molecule has 2 heterocycles. The zero-order valence-corrected chi connectivity index (χ0v) is 18.4. The molecule has 29 heavy (non-hydrogen) atoms. The topological polar surface area (TPSA) is 61.4 Å². The fourth-order valence-corrected chi connectivity index (χ4v) is 4.93. The second-order valence-corrected chi connectivity index (χ2v) is 9.16. The van der Waals surface area contributed by atoms with Crippen molar-refractivity contribution in [1.82, 2.24) is 15.5 Å². The first-order chi connectivity index (χ1) is 14.2. The maximum absolute atomic E-state index is 13.0. The lowest BCUT2D eigenvalue weighted by Crippen LogP contribution is -2.48. The van der Waals surface area contributed by atoms with Gasteiger partial charge in [-0.2, -0.15) is 11.8 Å². The van der Waals surface area contributed by atoms with Gasteiger partial charge in [-0.15, -0.1) is 11.3 Å². The van der Waals surface area contributed by atoms with Crippen molar-refractivity contribution in [2.45, 2.75) is 31.3 Å². The lowest BCUT2D eigenvalue weighted by molar-refractivity contribution is -0.123. The van der Waals surface area contributed by atoms with E-state index >= 15 is 0 Å². The van der Waals surface area contributed by atoms with Crippen LogP contribution in [0.4, 0.5) is 0 Å². The number of amides is 2. The van der Waals surface area contributed by atoms with Gasteiger partial charge in [-0.1, -0.05) is 24.3 Å². The third-order valence-electron chi connectivity index (χ3n) is 5.19. The highest BCUT2D eigenvalue weighted by atomic mass is 32.2. The van der Waals surface area contributed by atoms with Gasteiger partial charge in [0.2, 0.25) is 5.91 Å². The van der Waals surface area contributed by atoms with Crippen molar-refractivity contribution in [1.29, 1.82) is 0 Å². The zero-order chi connectivity index (χ0) is 20.5. The van der Waals surface area contributed by atoms with Crippen LogP contribution in [0.3, 0.4) is 0 Å². The Labute approximate surface area is 181 Å². The molecule has 2 aromatic rings. The van der Waals surface area contributed by atoms with Crippen LogP contribution in [0.2, 0.25) is 0 Å². The van der Waals surface area contributed by atoms with Gasteiger partial charge >= 0.3 is 0 Å². The van der Waals surface area contributed by atoms with Crippen molar-refractivity contribution < 1.29 is 9.59 Å². The van der Waals surface area contributed by atoms with Gasteiger partial charge < -0.3 is 10.6 Å². The molecule has 1 fully saturated rings. The van der Waals surface area contributed by atoms with Crippen molar-refractivity contribution in [2.24, 2.45) is 0 Å². The van der Waals surface area contributed by atoms with E-state index in [1.807, 2.05) is 24.5 Å². The number of nitrogens with one attached hydrogen (secondary N) is 2. The minimum atomic E-state index is -0.530. The van der Waals surface area contributed by atoms with Crippen LogP contribution in [0.1, 0.15) is 40.5 Å². The van der Waals surface area contributed by atoms with E-state index in [9.17, 15) is 9.59 Å². The van der Waals surface area contributed by atoms with E-state index < -0.39 is 6.04 Å². The summed E-state index contributed by atoms with van der Waals surface area (Å²) in [6.07, 6.45) is 5.03. The summed E-state index contributed by atoms with van der Waals surface area (Å²) in [5.41, 5.74) is 0.572.